The second kappa shape index (κ2) is 2.95. The molecule has 1 spiro atoms. The minimum atomic E-state index is -0.718. The number of rotatable bonds is 0. The highest BCUT2D eigenvalue weighted by atomic mass is 16.2. The Morgan fingerprint density at radius 2 is 2.00 bits per heavy atom. The smallest absolute Gasteiger partial charge is 0.243 e. The summed E-state index contributed by atoms with van der Waals surface area (Å²) in [6.45, 7) is 0.325. The summed E-state index contributed by atoms with van der Waals surface area (Å²) >= 11 is 0. The predicted octanol–water partition coefficient (Wildman–Crippen LogP) is 0.562. The lowest BCUT2D eigenvalue weighted by Crippen LogP contribution is -2.46. The van der Waals surface area contributed by atoms with Crippen LogP contribution in [0.5, 0.6) is 0 Å². The van der Waals surface area contributed by atoms with Gasteiger partial charge in [-0.15, -0.1) is 0 Å². The Labute approximate surface area is 92.3 Å². The number of anilines is 1. The third kappa shape index (κ3) is 1.04. The van der Waals surface area contributed by atoms with E-state index in [2.05, 4.69) is 10.6 Å². The lowest BCUT2D eigenvalue weighted by atomic mass is 9.80. The quantitative estimate of drug-likeness (QED) is 0.663. The minimum absolute atomic E-state index is 0.0787. The van der Waals surface area contributed by atoms with E-state index in [1.165, 1.54) is 6.08 Å². The molecule has 0 aromatic heterocycles. The summed E-state index contributed by atoms with van der Waals surface area (Å²) in [6.07, 6.45) is 3.11. The molecule has 2 aliphatic rings. The van der Waals surface area contributed by atoms with E-state index in [-0.39, 0.29) is 11.8 Å². The average molecular weight is 214 g/mol. The van der Waals surface area contributed by atoms with Gasteiger partial charge >= 0.3 is 0 Å². The van der Waals surface area contributed by atoms with E-state index < -0.39 is 5.41 Å². The van der Waals surface area contributed by atoms with Crippen LogP contribution in [-0.2, 0) is 15.0 Å². The number of carbonyl (C=O) groups is 2. The predicted molar refractivity (Wildman–Crippen MR) is 58.9 cm³/mol. The molecule has 0 bridgehead atoms. The Balaban J connectivity index is 2.18. The van der Waals surface area contributed by atoms with Crippen LogP contribution in [0, 0.1) is 0 Å². The van der Waals surface area contributed by atoms with Crippen LogP contribution in [0.2, 0.25) is 0 Å². The van der Waals surface area contributed by atoms with Crippen molar-refractivity contribution in [3.05, 3.63) is 42.0 Å². The van der Waals surface area contributed by atoms with Gasteiger partial charge in [0.25, 0.3) is 0 Å². The SMILES string of the molecule is O=C1C=CC2(CN1)C(=O)Nc1ccccc12. The number of hydrogen-bond donors (Lipinski definition) is 2. The number of fused-ring (bicyclic) bond motifs is 2. The number of carbonyl (C=O) groups excluding carboxylic acids is 2. The number of para-hydroxylation sites is 1. The Bertz CT molecular complexity index is 522. The van der Waals surface area contributed by atoms with E-state index in [4.69, 9.17) is 0 Å². The molecule has 2 heterocycles. The van der Waals surface area contributed by atoms with Crippen molar-refractivity contribution in [2.75, 3.05) is 11.9 Å². The van der Waals surface area contributed by atoms with Gasteiger partial charge in [-0.2, -0.15) is 0 Å². The fourth-order valence-electron chi connectivity index (χ4n) is 2.24. The standard InChI is InChI=1S/C12H10N2O2/c15-10-5-6-12(7-13-10)8-3-1-2-4-9(8)14-11(12)16/h1-6H,7H2,(H,13,15)(H,14,16). The summed E-state index contributed by atoms with van der Waals surface area (Å²) in [5, 5.41) is 5.53. The van der Waals surface area contributed by atoms with E-state index in [9.17, 15) is 9.59 Å². The molecule has 0 fully saturated rings. The molecule has 4 heteroatoms. The van der Waals surface area contributed by atoms with E-state index in [0.717, 1.165) is 11.3 Å². The van der Waals surface area contributed by atoms with Crippen LogP contribution < -0.4 is 10.6 Å². The van der Waals surface area contributed by atoms with Crippen molar-refractivity contribution < 1.29 is 9.59 Å². The highest BCUT2D eigenvalue weighted by Crippen LogP contribution is 2.39. The minimum Gasteiger partial charge on any atom is -0.351 e. The van der Waals surface area contributed by atoms with Gasteiger partial charge in [-0.3, -0.25) is 9.59 Å². The van der Waals surface area contributed by atoms with Crippen LogP contribution in [0.3, 0.4) is 0 Å². The third-order valence-electron chi connectivity index (χ3n) is 3.12. The van der Waals surface area contributed by atoms with E-state index in [1.54, 1.807) is 6.08 Å². The molecule has 1 atom stereocenters. The number of benzene rings is 1. The zero-order chi connectivity index (χ0) is 11.2. The third-order valence-corrected chi connectivity index (χ3v) is 3.12. The molecule has 1 unspecified atom stereocenters. The molecule has 0 saturated carbocycles. The van der Waals surface area contributed by atoms with E-state index in [0.29, 0.717) is 6.54 Å². The fraction of sp³-hybridized carbons (Fsp3) is 0.167. The first kappa shape index (κ1) is 9.15. The van der Waals surface area contributed by atoms with Gasteiger partial charge in [-0.1, -0.05) is 24.3 Å². The number of hydrogen-bond acceptors (Lipinski definition) is 2. The highest BCUT2D eigenvalue weighted by molar-refractivity contribution is 6.09. The second-order valence-electron chi connectivity index (χ2n) is 4.02. The summed E-state index contributed by atoms with van der Waals surface area (Å²) < 4.78 is 0. The van der Waals surface area contributed by atoms with Crippen molar-refractivity contribution in [2.24, 2.45) is 0 Å². The normalized spacial score (nSPS) is 26.5. The Hall–Kier alpha value is -2.10. The molecule has 2 N–H and O–H groups in total. The highest BCUT2D eigenvalue weighted by Gasteiger charge is 2.46. The summed E-state index contributed by atoms with van der Waals surface area (Å²) in [7, 11) is 0. The lowest BCUT2D eigenvalue weighted by Gasteiger charge is -2.26. The Morgan fingerprint density at radius 3 is 2.75 bits per heavy atom. The van der Waals surface area contributed by atoms with Crippen LogP contribution in [0.4, 0.5) is 5.69 Å². The summed E-state index contributed by atoms with van der Waals surface area (Å²) in [6, 6.07) is 7.55. The zero-order valence-corrected chi connectivity index (χ0v) is 8.49. The van der Waals surface area contributed by atoms with Crippen LogP contribution in [0.15, 0.2) is 36.4 Å². The molecule has 4 nitrogen and oxygen atoms in total. The van der Waals surface area contributed by atoms with Crippen LogP contribution in [0.1, 0.15) is 5.56 Å². The molecule has 0 aliphatic carbocycles. The van der Waals surface area contributed by atoms with Crippen LogP contribution >= 0.6 is 0 Å². The van der Waals surface area contributed by atoms with E-state index >= 15 is 0 Å². The van der Waals surface area contributed by atoms with Gasteiger partial charge in [0.2, 0.25) is 11.8 Å². The Morgan fingerprint density at radius 1 is 1.19 bits per heavy atom. The molecular formula is C12H10N2O2. The largest absolute Gasteiger partial charge is 0.351 e. The average Bonchev–Trinajstić information content (AvgIpc) is 2.57. The van der Waals surface area contributed by atoms with Gasteiger partial charge in [-0.05, 0) is 11.6 Å². The van der Waals surface area contributed by atoms with Crippen molar-refractivity contribution in [3.8, 4) is 0 Å². The molecule has 16 heavy (non-hydrogen) atoms. The summed E-state index contributed by atoms with van der Waals surface area (Å²) in [4.78, 5) is 23.1. The zero-order valence-electron chi connectivity index (χ0n) is 8.49. The second-order valence-corrected chi connectivity index (χ2v) is 4.02. The van der Waals surface area contributed by atoms with Gasteiger partial charge in [0.15, 0.2) is 0 Å². The topological polar surface area (TPSA) is 58.2 Å². The molecule has 2 amide bonds. The molecule has 0 saturated heterocycles. The molecule has 3 rings (SSSR count). The van der Waals surface area contributed by atoms with Gasteiger partial charge in [0.05, 0.1) is 0 Å². The van der Waals surface area contributed by atoms with Crippen LogP contribution in [0.25, 0.3) is 0 Å². The maximum absolute atomic E-state index is 12.0. The van der Waals surface area contributed by atoms with Gasteiger partial charge in [-0.25, -0.2) is 0 Å². The first-order valence-electron chi connectivity index (χ1n) is 5.10. The molecule has 2 aliphatic heterocycles. The molecule has 0 radical (unpaired) electrons. The van der Waals surface area contributed by atoms with Gasteiger partial charge < -0.3 is 10.6 Å². The Kier molecular flexibility index (Phi) is 1.68. The van der Waals surface area contributed by atoms with Gasteiger partial charge in [0, 0.05) is 18.3 Å². The van der Waals surface area contributed by atoms with Crippen molar-refractivity contribution in [2.45, 2.75) is 5.41 Å². The summed E-state index contributed by atoms with van der Waals surface area (Å²) in [5.41, 5.74) is 1.04. The van der Waals surface area contributed by atoms with E-state index in [1.807, 2.05) is 24.3 Å². The van der Waals surface area contributed by atoms with Gasteiger partial charge in [0.1, 0.15) is 5.41 Å². The first-order chi connectivity index (χ1) is 7.72. The van der Waals surface area contributed by atoms with Crippen molar-refractivity contribution in [3.63, 3.8) is 0 Å². The molecule has 80 valence electrons. The molecule has 1 aromatic carbocycles. The molecule has 1 aromatic rings. The first-order valence-corrected chi connectivity index (χ1v) is 5.10. The fourth-order valence-corrected chi connectivity index (χ4v) is 2.24. The summed E-state index contributed by atoms with van der Waals surface area (Å²) in [5.74, 6) is -0.229. The molecular weight excluding hydrogens is 204 g/mol. The van der Waals surface area contributed by atoms with Crippen molar-refractivity contribution in [1.82, 2.24) is 5.32 Å². The number of nitrogens with one attached hydrogen (secondary N) is 2. The van der Waals surface area contributed by atoms with Crippen LogP contribution in [-0.4, -0.2) is 18.4 Å². The van der Waals surface area contributed by atoms with Crippen molar-refractivity contribution >= 4 is 17.5 Å². The maximum Gasteiger partial charge on any atom is 0.243 e. The number of amides is 2. The monoisotopic (exact) mass is 214 g/mol. The van der Waals surface area contributed by atoms with Crippen molar-refractivity contribution in [1.29, 1.82) is 0 Å². The lowest BCUT2D eigenvalue weighted by molar-refractivity contribution is -0.121. The maximum atomic E-state index is 12.0.